The zero-order valence-corrected chi connectivity index (χ0v) is 13.7. The van der Waals surface area contributed by atoms with Crippen LogP contribution in [0.4, 0.5) is 5.69 Å². The third-order valence-corrected chi connectivity index (χ3v) is 4.85. The summed E-state index contributed by atoms with van der Waals surface area (Å²) in [7, 11) is 0. The summed E-state index contributed by atoms with van der Waals surface area (Å²) in [6.07, 6.45) is 3.50. The maximum atomic E-state index is 12.1. The summed E-state index contributed by atoms with van der Waals surface area (Å²) in [5.74, 6) is -0.347. The summed E-state index contributed by atoms with van der Waals surface area (Å²) in [6.45, 7) is 0.401. The first kappa shape index (κ1) is 15.8. The van der Waals surface area contributed by atoms with Crippen molar-refractivity contribution >= 4 is 40.9 Å². The van der Waals surface area contributed by atoms with E-state index in [1.54, 1.807) is 24.5 Å². The topological polar surface area (TPSA) is 71.1 Å². The Labute approximate surface area is 142 Å². The SMILES string of the molecule is O=C(CC1Sc2ccc(Cl)cc2NC1=O)NCc1cccnc1. The van der Waals surface area contributed by atoms with E-state index < -0.39 is 5.25 Å². The smallest absolute Gasteiger partial charge is 0.238 e. The summed E-state index contributed by atoms with van der Waals surface area (Å²) < 4.78 is 0. The van der Waals surface area contributed by atoms with E-state index in [-0.39, 0.29) is 18.2 Å². The number of nitrogens with zero attached hydrogens (tertiary/aromatic N) is 1. The zero-order valence-electron chi connectivity index (χ0n) is 12.1. The van der Waals surface area contributed by atoms with E-state index in [1.807, 2.05) is 18.2 Å². The fourth-order valence-electron chi connectivity index (χ4n) is 2.20. The summed E-state index contributed by atoms with van der Waals surface area (Å²) in [5.41, 5.74) is 1.61. The van der Waals surface area contributed by atoms with Gasteiger partial charge in [0.1, 0.15) is 0 Å². The van der Waals surface area contributed by atoms with E-state index in [2.05, 4.69) is 15.6 Å². The third-order valence-electron chi connectivity index (χ3n) is 3.34. The van der Waals surface area contributed by atoms with Gasteiger partial charge < -0.3 is 10.6 Å². The van der Waals surface area contributed by atoms with Crippen LogP contribution < -0.4 is 10.6 Å². The molecule has 23 heavy (non-hydrogen) atoms. The van der Waals surface area contributed by atoms with E-state index in [9.17, 15) is 9.59 Å². The predicted octanol–water partition coefficient (Wildman–Crippen LogP) is 2.85. The minimum atomic E-state index is -0.447. The largest absolute Gasteiger partial charge is 0.352 e. The lowest BCUT2D eigenvalue weighted by Crippen LogP contribution is -2.34. The first-order valence-electron chi connectivity index (χ1n) is 7.04. The molecule has 1 aromatic heterocycles. The summed E-state index contributed by atoms with van der Waals surface area (Å²) >= 11 is 7.29. The van der Waals surface area contributed by atoms with E-state index in [0.717, 1.165) is 10.5 Å². The van der Waals surface area contributed by atoms with Crippen molar-refractivity contribution < 1.29 is 9.59 Å². The van der Waals surface area contributed by atoms with Crippen molar-refractivity contribution in [1.29, 1.82) is 0 Å². The molecule has 0 saturated heterocycles. The van der Waals surface area contributed by atoms with Gasteiger partial charge in [-0.05, 0) is 29.8 Å². The van der Waals surface area contributed by atoms with Crippen molar-refractivity contribution in [3.05, 3.63) is 53.3 Å². The van der Waals surface area contributed by atoms with Gasteiger partial charge in [0.05, 0.1) is 10.9 Å². The molecule has 1 aliphatic heterocycles. The van der Waals surface area contributed by atoms with Gasteiger partial charge in [0, 0.05) is 35.3 Å². The quantitative estimate of drug-likeness (QED) is 0.892. The van der Waals surface area contributed by atoms with Gasteiger partial charge in [-0.15, -0.1) is 11.8 Å². The van der Waals surface area contributed by atoms with Crippen molar-refractivity contribution in [2.45, 2.75) is 23.1 Å². The number of aromatic nitrogens is 1. The minimum absolute atomic E-state index is 0.124. The van der Waals surface area contributed by atoms with Crippen LogP contribution in [0, 0.1) is 0 Å². The molecule has 2 heterocycles. The molecule has 0 aliphatic carbocycles. The Kier molecular flexibility index (Phi) is 4.83. The highest BCUT2D eigenvalue weighted by molar-refractivity contribution is 8.01. The molecule has 2 N–H and O–H groups in total. The van der Waals surface area contributed by atoms with Crippen LogP contribution in [0.15, 0.2) is 47.6 Å². The van der Waals surface area contributed by atoms with Crippen LogP contribution in [0.2, 0.25) is 5.02 Å². The molecule has 1 atom stereocenters. The van der Waals surface area contributed by atoms with Gasteiger partial charge in [0.15, 0.2) is 0 Å². The van der Waals surface area contributed by atoms with Crippen LogP contribution in [0.1, 0.15) is 12.0 Å². The lowest BCUT2D eigenvalue weighted by molar-refractivity contribution is -0.124. The molecular formula is C16H14ClN3O2S. The number of fused-ring (bicyclic) bond motifs is 1. The number of anilines is 1. The molecule has 5 nitrogen and oxygen atoms in total. The Hall–Kier alpha value is -2.05. The lowest BCUT2D eigenvalue weighted by Gasteiger charge is -2.23. The Morgan fingerprint density at radius 1 is 1.39 bits per heavy atom. The molecule has 0 bridgehead atoms. The number of carbonyl (C=O) groups is 2. The van der Waals surface area contributed by atoms with E-state index >= 15 is 0 Å². The number of thioether (sulfide) groups is 1. The maximum absolute atomic E-state index is 12.1. The molecule has 2 aromatic rings. The highest BCUT2D eigenvalue weighted by Crippen LogP contribution is 2.38. The van der Waals surface area contributed by atoms with Crippen LogP contribution in [0.5, 0.6) is 0 Å². The number of amides is 2. The average Bonchev–Trinajstić information content (AvgIpc) is 2.55. The molecule has 7 heteroatoms. The maximum Gasteiger partial charge on any atom is 0.238 e. The normalized spacial score (nSPS) is 16.4. The highest BCUT2D eigenvalue weighted by Gasteiger charge is 2.29. The summed E-state index contributed by atoms with van der Waals surface area (Å²) in [6, 6.07) is 9.02. The van der Waals surface area contributed by atoms with Crippen LogP contribution in [0.3, 0.4) is 0 Å². The second kappa shape index (κ2) is 7.02. The molecular weight excluding hydrogens is 334 g/mol. The second-order valence-electron chi connectivity index (χ2n) is 5.08. The van der Waals surface area contributed by atoms with E-state index in [4.69, 9.17) is 11.6 Å². The predicted molar refractivity (Wildman–Crippen MR) is 90.4 cm³/mol. The van der Waals surface area contributed by atoms with Gasteiger partial charge in [-0.25, -0.2) is 0 Å². The van der Waals surface area contributed by atoms with Crippen LogP contribution in [-0.2, 0) is 16.1 Å². The van der Waals surface area contributed by atoms with E-state index in [1.165, 1.54) is 11.8 Å². The molecule has 0 saturated carbocycles. The Morgan fingerprint density at radius 2 is 2.26 bits per heavy atom. The first-order chi connectivity index (χ1) is 11.1. The molecule has 0 fully saturated rings. The van der Waals surface area contributed by atoms with Crippen LogP contribution in [0.25, 0.3) is 0 Å². The average molecular weight is 348 g/mol. The monoisotopic (exact) mass is 347 g/mol. The van der Waals surface area contributed by atoms with Gasteiger partial charge in [-0.1, -0.05) is 17.7 Å². The molecule has 3 rings (SSSR count). The lowest BCUT2D eigenvalue weighted by atomic mass is 10.2. The zero-order chi connectivity index (χ0) is 16.2. The van der Waals surface area contributed by atoms with Gasteiger partial charge in [0.25, 0.3) is 0 Å². The number of nitrogens with one attached hydrogen (secondary N) is 2. The molecule has 118 valence electrons. The van der Waals surface area contributed by atoms with Gasteiger partial charge in [-0.2, -0.15) is 0 Å². The molecule has 1 unspecified atom stereocenters. The highest BCUT2D eigenvalue weighted by atomic mass is 35.5. The minimum Gasteiger partial charge on any atom is -0.352 e. The van der Waals surface area contributed by atoms with E-state index in [0.29, 0.717) is 17.3 Å². The number of benzene rings is 1. The Morgan fingerprint density at radius 3 is 3.04 bits per heavy atom. The molecule has 2 amide bonds. The fraction of sp³-hybridized carbons (Fsp3) is 0.188. The molecule has 0 radical (unpaired) electrons. The number of pyridine rings is 1. The summed E-state index contributed by atoms with van der Waals surface area (Å²) in [4.78, 5) is 29.1. The van der Waals surface area contributed by atoms with Gasteiger partial charge >= 0.3 is 0 Å². The Balaban J connectivity index is 1.58. The van der Waals surface area contributed by atoms with Crippen molar-refractivity contribution in [2.24, 2.45) is 0 Å². The molecule has 0 spiro atoms. The van der Waals surface area contributed by atoms with Gasteiger partial charge in [0.2, 0.25) is 11.8 Å². The Bertz CT molecular complexity index is 739. The number of hydrogen-bond acceptors (Lipinski definition) is 4. The molecule has 1 aromatic carbocycles. The van der Waals surface area contributed by atoms with Crippen LogP contribution in [-0.4, -0.2) is 22.0 Å². The van der Waals surface area contributed by atoms with Gasteiger partial charge in [-0.3, -0.25) is 14.6 Å². The second-order valence-corrected chi connectivity index (χ2v) is 6.76. The van der Waals surface area contributed by atoms with Crippen molar-refractivity contribution in [3.8, 4) is 0 Å². The van der Waals surface area contributed by atoms with Crippen molar-refractivity contribution in [1.82, 2.24) is 10.3 Å². The molecule has 1 aliphatic rings. The summed E-state index contributed by atoms with van der Waals surface area (Å²) in [5, 5.41) is 5.72. The first-order valence-corrected chi connectivity index (χ1v) is 8.30. The van der Waals surface area contributed by atoms with Crippen molar-refractivity contribution in [3.63, 3.8) is 0 Å². The standard InChI is InChI=1S/C16H14ClN3O2S/c17-11-3-4-13-12(6-11)20-16(22)14(23-13)7-15(21)19-9-10-2-1-5-18-8-10/h1-6,8,14H,7,9H2,(H,19,21)(H,20,22). The number of halogens is 1. The number of carbonyl (C=O) groups excluding carboxylic acids is 2. The number of rotatable bonds is 4. The van der Waals surface area contributed by atoms with Crippen molar-refractivity contribution in [2.75, 3.05) is 5.32 Å². The fourth-order valence-corrected chi connectivity index (χ4v) is 3.46. The number of hydrogen-bond donors (Lipinski definition) is 2. The van der Waals surface area contributed by atoms with Crippen LogP contribution >= 0.6 is 23.4 Å². The third kappa shape index (κ3) is 4.03.